The van der Waals surface area contributed by atoms with E-state index in [2.05, 4.69) is 35.7 Å². The van der Waals surface area contributed by atoms with Crippen molar-refractivity contribution in [1.29, 1.82) is 0 Å². The van der Waals surface area contributed by atoms with Crippen LogP contribution in [0.15, 0.2) is 17.6 Å². The smallest absolute Gasteiger partial charge is 0.271 e. The number of carbonyl (C=O) groups is 1. The van der Waals surface area contributed by atoms with Crippen molar-refractivity contribution in [3.8, 4) is 0 Å². The van der Waals surface area contributed by atoms with Crippen molar-refractivity contribution in [2.45, 2.75) is 25.1 Å². The molecule has 1 fully saturated rings. The fourth-order valence-electron chi connectivity index (χ4n) is 2.67. The van der Waals surface area contributed by atoms with Gasteiger partial charge in [0.05, 0.1) is 17.6 Å². The van der Waals surface area contributed by atoms with Gasteiger partial charge in [-0.1, -0.05) is 0 Å². The quantitative estimate of drug-likeness (QED) is 0.380. The molecule has 10 nitrogen and oxygen atoms in total. The van der Waals surface area contributed by atoms with Gasteiger partial charge in [-0.3, -0.25) is 10.1 Å². The van der Waals surface area contributed by atoms with E-state index in [0.717, 1.165) is 18.5 Å². The highest BCUT2D eigenvalue weighted by molar-refractivity contribution is 7.04. The van der Waals surface area contributed by atoms with Gasteiger partial charge in [-0.2, -0.15) is 4.37 Å². The topological polar surface area (TPSA) is 128 Å². The van der Waals surface area contributed by atoms with Crippen molar-refractivity contribution < 1.29 is 9.90 Å². The first-order valence-electron chi connectivity index (χ1n) is 8.54. The third-order valence-corrected chi connectivity index (χ3v) is 4.92. The number of amides is 1. The molecule has 1 unspecified atom stereocenters. The maximum atomic E-state index is 12.5. The Bertz CT molecular complexity index is 980. The second-order valence-electron chi connectivity index (χ2n) is 6.25. The molecule has 0 spiro atoms. The van der Waals surface area contributed by atoms with Crippen LogP contribution in [0, 0.1) is 0 Å². The number of anilines is 3. The zero-order chi connectivity index (χ0) is 19.0. The van der Waals surface area contributed by atoms with E-state index in [1.807, 2.05) is 0 Å². The molecule has 11 heteroatoms. The lowest BCUT2D eigenvalue weighted by Crippen LogP contribution is -2.27. The summed E-state index contributed by atoms with van der Waals surface area (Å²) in [5.41, 5.74) is 2.77. The summed E-state index contributed by atoms with van der Waals surface area (Å²) in [5.74, 6) is 0.301. The van der Waals surface area contributed by atoms with Crippen LogP contribution in [-0.4, -0.2) is 50.1 Å². The Balaban J connectivity index is 1.70. The standard InChI is InChI=1S/C16H20N8O2S/c1-17-9-5-12(21-10-7-27-23-13(10)16(26)18-2)22-24-11(6-19-14(9)24)15(25)20-8-3-4-8/h5-8,16-18,26H,3-4H2,1-2H3,(H,20,25)(H,21,22). The van der Waals surface area contributed by atoms with E-state index in [9.17, 15) is 9.90 Å². The van der Waals surface area contributed by atoms with Gasteiger partial charge in [-0.25, -0.2) is 9.50 Å². The Morgan fingerprint density at radius 2 is 2.19 bits per heavy atom. The van der Waals surface area contributed by atoms with E-state index >= 15 is 0 Å². The number of hydrogen-bond donors (Lipinski definition) is 5. The number of aliphatic hydroxyl groups is 1. The summed E-state index contributed by atoms with van der Waals surface area (Å²) in [6.07, 6.45) is 2.64. The van der Waals surface area contributed by atoms with Crippen LogP contribution >= 0.6 is 11.5 Å². The van der Waals surface area contributed by atoms with Crippen molar-refractivity contribution in [1.82, 2.24) is 29.6 Å². The molecule has 3 aromatic rings. The first-order chi connectivity index (χ1) is 13.1. The SMILES string of the molecule is CNc1cc(Nc2csnc2C(O)NC)nn2c(C(=O)NC3CC3)cnc12. The summed E-state index contributed by atoms with van der Waals surface area (Å²) in [6, 6.07) is 2.04. The molecule has 1 atom stereocenters. The number of nitrogens with one attached hydrogen (secondary N) is 4. The number of fused-ring (bicyclic) bond motifs is 1. The molecule has 0 bridgehead atoms. The summed E-state index contributed by atoms with van der Waals surface area (Å²) in [6.45, 7) is 0. The van der Waals surface area contributed by atoms with Gasteiger partial charge in [0.25, 0.3) is 5.91 Å². The number of carbonyl (C=O) groups excluding carboxylic acids is 1. The summed E-state index contributed by atoms with van der Waals surface area (Å²) >= 11 is 1.23. The largest absolute Gasteiger partial charge is 0.385 e. The minimum Gasteiger partial charge on any atom is -0.385 e. The second kappa shape index (κ2) is 7.10. The van der Waals surface area contributed by atoms with Gasteiger partial charge in [-0.05, 0) is 31.4 Å². The van der Waals surface area contributed by atoms with Crippen molar-refractivity contribution in [3.63, 3.8) is 0 Å². The molecule has 5 N–H and O–H groups in total. The van der Waals surface area contributed by atoms with Crippen molar-refractivity contribution in [3.05, 3.63) is 29.0 Å². The van der Waals surface area contributed by atoms with Gasteiger partial charge in [0, 0.05) is 24.5 Å². The molecular weight excluding hydrogens is 368 g/mol. The third-order valence-electron chi connectivity index (χ3n) is 4.27. The Morgan fingerprint density at radius 1 is 1.37 bits per heavy atom. The lowest BCUT2D eigenvalue weighted by Gasteiger charge is -2.12. The average molecular weight is 388 g/mol. The Hall–Kier alpha value is -2.76. The molecule has 0 radical (unpaired) electrons. The fourth-order valence-corrected chi connectivity index (χ4v) is 3.32. The molecule has 3 heterocycles. The predicted molar refractivity (Wildman–Crippen MR) is 102 cm³/mol. The summed E-state index contributed by atoms with van der Waals surface area (Å²) in [7, 11) is 3.42. The molecule has 1 aliphatic carbocycles. The highest BCUT2D eigenvalue weighted by atomic mass is 32.1. The van der Waals surface area contributed by atoms with E-state index in [0.29, 0.717) is 28.5 Å². The van der Waals surface area contributed by atoms with Gasteiger partial charge in [-0.15, -0.1) is 5.10 Å². The number of hydrogen-bond acceptors (Lipinski definition) is 9. The second-order valence-corrected chi connectivity index (χ2v) is 6.88. The van der Waals surface area contributed by atoms with Crippen LogP contribution in [0.3, 0.4) is 0 Å². The van der Waals surface area contributed by atoms with E-state index in [1.54, 1.807) is 25.5 Å². The van der Waals surface area contributed by atoms with E-state index < -0.39 is 6.23 Å². The van der Waals surface area contributed by atoms with Gasteiger partial charge >= 0.3 is 0 Å². The monoisotopic (exact) mass is 388 g/mol. The summed E-state index contributed by atoms with van der Waals surface area (Å²) in [5, 5.41) is 28.2. The first-order valence-corrected chi connectivity index (χ1v) is 9.38. The molecule has 0 aliphatic heterocycles. The molecule has 142 valence electrons. The summed E-state index contributed by atoms with van der Waals surface area (Å²) in [4.78, 5) is 16.8. The lowest BCUT2D eigenvalue weighted by molar-refractivity contribution is 0.0944. The van der Waals surface area contributed by atoms with Crippen LogP contribution in [0.4, 0.5) is 17.2 Å². The molecule has 1 saturated carbocycles. The Labute approximate surface area is 159 Å². The lowest BCUT2D eigenvalue weighted by atomic mass is 10.3. The fraction of sp³-hybridized carbons (Fsp3) is 0.375. The maximum Gasteiger partial charge on any atom is 0.271 e. The zero-order valence-corrected chi connectivity index (χ0v) is 15.7. The maximum absolute atomic E-state index is 12.5. The highest BCUT2D eigenvalue weighted by Crippen LogP contribution is 2.28. The molecule has 1 amide bonds. The van der Waals surface area contributed by atoms with Crippen LogP contribution in [-0.2, 0) is 0 Å². The Morgan fingerprint density at radius 3 is 2.89 bits per heavy atom. The summed E-state index contributed by atoms with van der Waals surface area (Å²) < 4.78 is 5.72. The molecule has 0 aromatic carbocycles. The minimum absolute atomic E-state index is 0.194. The van der Waals surface area contributed by atoms with Gasteiger partial charge in [0.2, 0.25) is 0 Å². The van der Waals surface area contributed by atoms with Crippen LogP contribution in [0.25, 0.3) is 5.65 Å². The normalized spacial score (nSPS) is 14.9. The predicted octanol–water partition coefficient (Wildman–Crippen LogP) is 1.07. The number of aliphatic hydroxyl groups excluding tert-OH is 1. The minimum atomic E-state index is -0.889. The van der Waals surface area contributed by atoms with Crippen LogP contribution in [0.5, 0.6) is 0 Å². The van der Waals surface area contributed by atoms with Crippen LogP contribution < -0.4 is 21.3 Å². The number of rotatable bonds is 7. The van der Waals surface area contributed by atoms with Crippen molar-refractivity contribution in [2.24, 2.45) is 0 Å². The van der Waals surface area contributed by atoms with Crippen LogP contribution in [0.2, 0.25) is 0 Å². The van der Waals surface area contributed by atoms with E-state index in [4.69, 9.17) is 0 Å². The van der Waals surface area contributed by atoms with Crippen LogP contribution in [0.1, 0.15) is 35.3 Å². The zero-order valence-electron chi connectivity index (χ0n) is 14.9. The number of aromatic nitrogens is 4. The van der Waals surface area contributed by atoms with E-state index in [-0.39, 0.29) is 11.9 Å². The first kappa shape index (κ1) is 17.6. The van der Waals surface area contributed by atoms with Gasteiger partial charge in [0.15, 0.2) is 23.4 Å². The Kier molecular flexibility index (Phi) is 4.64. The molecule has 3 aromatic heterocycles. The molecule has 27 heavy (non-hydrogen) atoms. The molecular formula is C16H20N8O2S. The third kappa shape index (κ3) is 3.44. The number of imidazole rings is 1. The van der Waals surface area contributed by atoms with Gasteiger partial charge < -0.3 is 21.1 Å². The van der Waals surface area contributed by atoms with Crippen molar-refractivity contribution in [2.75, 3.05) is 24.7 Å². The molecule has 0 saturated heterocycles. The number of nitrogens with zero attached hydrogens (tertiary/aromatic N) is 4. The van der Waals surface area contributed by atoms with Gasteiger partial charge in [0.1, 0.15) is 5.69 Å². The highest BCUT2D eigenvalue weighted by Gasteiger charge is 2.26. The van der Waals surface area contributed by atoms with Crippen molar-refractivity contribution >= 4 is 40.3 Å². The molecule has 4 rings (SSSR count). The molecule has 1 aliphatic rings. The average Bonchev–Trinajstić information content (AvgIpc) is 3.19. The van der Waals surface area contributed by atoms with E-state index in [1.165, 1.54) is 22.2 Å².